The molecule has 1 saturated heterocycles. The summed E-state index contributed by atoms with van der Waals surface area (Å²) in [5.41, 5.74) is 4.03. The van der Waals surface area contributed by atoms with Crippen LogP contribution in [0.4, 0.5) is 0 Å². The minimum absolute atomic E-state index is 0.00464. The molecule has 140 valence electrons. The van der Waals surface area contributed by atoms with Gasteiger partial charge in [-0.3, -0.25) is 4.79 Å². The van der Waals surface area contributed by atoms with Crippen molar-refractivity contribution >= 4 is 16.9 Å². The van der Waals surface area contributed by atoms with Crippen LogP contribution < -0.4 is 5.32 Å². The lowest BCUT2D eigenvalue weighted by atomic mass is 10.1. The fourth-order valence-corrected chi connectivity index (χ4v) is 3.78. The summed E-state index contributed by atoms with van der Waals surface area (Å²) in [7, 11) is 0. The first-order chi connectivity index (χ1) is 13.2. The summed E-state index contributed by atoms with van der Waals surface area (Å²) in [6.07, 6.45) is 2.56. The van der Waals surface area contributed by atoms with Crippen molar-refractivity contribution in [1.29, 1.82) is 0 Å². The van der Waals surface area contributed by atoms with Gasteiger partial charge in [0.2, 0.25) is 0 Å². The van der Waals surface area contributed by atoms with E-state index in [1.54, 1.807) is 0 Å². The second kappa shape index (κ2) is 7.92. The summed E-state index contributed by atoms with van der Waals surface area (Å²) in [6.45, 7) is 6.75. The van der Waals surface area contributed by atoms with E-state index in [4.69, 9.17) is 0 Å². The number of fused-ring (bicyclic) bond motifs is 1. The molecule has 2 aromatic carbocycles. The molecule has 4 rings (SSSR count). The second-order valence-corrected chi connectivity index (χ2v) is 7.24. The van der Waals surface area contributed by atoms with Gasteiger partial charge in [-0.1, -0.05) is 24.3 Å². The number of aryl methyl sites for hydroxylation is 1. The molecule has 0 atom stereocenters. The van der Waals surface area contributed by atoms with Gasteiger partial charge in [-0.25, -0.2) is 4.98 Å². The maximum absolute atomic E-state index is 12.3. The molecular weight excluding hydrogens is 336 g/mol. The van der Waals surface area contributed by atoms with E-state index in [1.807, 2.05) is 49.4 Å². The van der Waals surface area contributed by atoms with Gasteiger partial charge >= 0.3 is 0 Å². The van der Waals surface area contributed by atoms with Crippen molar-refractivity contribution in [2.75, 3.05) is 26.2 Å². The molecule has 0 spiro atoms. The standard InChI is InChI=1S/C22H26N4O/c1-17-24-20-6-2-3-7-21(20)26(17)16-18-8-10-19(11-9-18)22(27)23-12-15-25-13-4-5-14-25/h2-3,6-11H,4-5,12-16H2,1H3,(H,23,27). The molecule has 5 heteroatoms. The lowest BCUT2D eigenvalue weighted by molar-refractivity contribution is 0.0949. The predicted octanol–water partition coefficient (Wildman–Crippen LogP) is 3.22. The van der Waals surface area contributed by atoms with E-state index in [9.17, 15) is 4.79 Å². The average molecular weight is 362 g/mol. The monoisotopic (exact) mass is 362 g/mol. The molecule has 1 amide bonds. The Kier molecular flexibility index (Phi) is 5.21. The molecule has 1 aromatic heterocycles. The van der Waals surface area contributed by atoms with Crippen LogP contribution in [0.15, 0.2) is 48.5 Å². The Morgan fingerprint density at radius 2 is 1.81 bits per heavy atom. The highest BCUT2D eigenvalue weighted by Crippen LogP contribution is 2.17. The van der Waals surface area contributed by atoms with Crippen LogP contribution in [0.1, 0.15) is 34.6 Å². The van der Waals surface area contributed by atoms with E-state index >= 15 is 0 Å². The van der Waals surface area contributed by atoms with Gasteiger partial charge < -0.3 is 14.8 Å². The van der Waals surface area contributed by atoms with Crippen molar-refractivity contribution in [1.82, 2.24) is 19.8 Å². The van der Waals surface area contributed by atoms with Gasteiger partial charge in [0.15, 0.2) is 0 Å². The molecule has 27 heavy (non-hydrogen) atoms. The number of para-hydroxylation sites is 2. The van der Waals surface area contributed by atoms with Gasteiger partial charge in [0.05, 0.1) is 11.0 Å². The van der Waals surface area contributed by atoms with Crippen LogP contribution in [0.5, 0.6) is 0 Å². The number of nitrogens with one attached hydrogen (secondary N) is 1. The normalized spacial score (nSPS) is 14.7. The van der Waals surface area contributed by atoms with Crippen molar-refractivity contribution < 1.29 is 4.79 Å². The van der Waals surface area contributed by atoms with Crippen LogP contribution in [-0.4, -0.2) is 46.5 Å². The van der Waals surface area contributed by atoms with Gasteiger partial charge in [-0.05, 0) is 62.7 Å². The third kappa shape index (κ3) is 4.03. The number of imidazole rings is 1. The number of rotatable bonds is 6. The van der Waals surface area contributed by atoms with Gasteiger partial charge in [-0.2, -0.15) is 0 Å². The number of hydrogen-bond donors (Lipinski definition) is 1. The molecule has 1 N–H and O–H groups in total. The molecule has 3 aromatic rings. The SMILES string of the molecule is Cc1nc2ccccc2n1Cc1ccc(C(=O)NCCN2CCCC2)cc1. The number of hydrogen-bond acceptors (Lipinski definition) is 3. The van der Waals surface area contributed by atoms with Crippen molar-refractivity contribution in [3.63, 3.8) is 0 Å². The number of aromatic nitrogens is 2. The Morgan fingerprint density at radius 1 is 1.07 bits per heavy atom. The maximum atomic E-state index is 12.3. The zero-order valence-electron chi connectivity index (χ0n) is 15.8. The van der Waals surface area contributed by atoms with E-state index in [0.29, 0.717) is 12.1 Å². The third-order valence-corrected chi connectivity index (χ3v) is 5.31. The highest BCUT2D eigenvalue weighted by molar-refractivity contribution is 5.94. The minimum atomic E-state index is 0.00464. The quantitative estimate of drug-likeness (QED) is 0.732. The van der Waals surface area contributed by atoms with Gasteiger partial charge in [0.1, 0.15) is 5.82 Å². The zero-order chi connectivity index (χ0) is 18.6. The largest absolute Gasteiger partial charge is 0.351 e. The van der Waals surface area contributed by atoms with Gasteiger partial charge in [0, 0.05) is 25.2 Å². The summed E-state index contributed by atoms with van der Waals surface area (Å²) in [4.78, 5) is 19.4. The summed E-state index contributed by atoms with van der Waals surface area (Å²) < 4.78 is 2.21. The highest BCUT2D eigenvalue weighted by Gasteiger charge is 2.12. The summed E-state index contributed by atoms with van der Waals surface area (Å²) in [5.74, 6) is 1.00. The summed E-state index contributed by atoms with van der Waals surface area (Å²) in [6, 6.07) is 16.1. The van der Waals surface area contributed by atoms with Crippen LogP contribution in [0.25, 0.3) is 11.0 Å². The first-order valence-electron chi connectivity index (χ1n) is 9.72. The van der Waals surface area contributed by atoms with Crippen LogP contribution in [0, 0.1) is 6.92 Å². The van der Waals surface area contributed by atoms with E-state index in [2.05, 4.69) is 25.8 Å². The summed E-state index contributed by atoms with van der Waals surface area (Å²) in [5, 5.41) is 3.03. The Labute approximate surface area is 160 Å². The lowest BCUT2D eigenvalue weighted by Gasteiger charge is -2.14. The zero-order valence-corrected chi connectivity index (χ0v) is 15.8. The van der Waals surface area contributed by atoms with Gasteiger partial charge in [-0.15, -0.1) is 0 Å². The van der Waals surface area contributed by atoms with Crippen molar-refractivity contribution in [3.8, 4) is 0 Å². The molecule has 1 fully saturated rings. The Morgan fingerprint density at radius 3 is 2.59 bits per heavy atom. The smallest absolute Gasteiger partial charge is 0.251 e. The van der Waals surface area contributed by atoms with Crippen molar-refractivity contribution in [3.05, 3.63) is 65.5 Å². The van der Waals surface area contributed by atoms with Crippen LogP contribution in [0.2, 0.25) is 0 Å². The first kappa shape index (κ1) is 17.7. The van der Waals surface area contributed by atoms with E-state index < -0.39 is 0 Å². The first-order valence-corrected chi connectivity index (χ1v) is 9.72. The number of carbonyl (C=O) groups excluding carboxylic acids is 1. The van der Waals surface area contributed by atoms with E-state index in [0.717, 1.165) is 48.6 Å². The molecule has 1 aliphatic rings. The Balaban J connectivity index is 1.38. The molecule has 5 nitrogen and oxygen atoms in total. The Hall–Kier alpha value is -2.66. The van der Waals surface area contributed by atoms with Crippen molar-refractivity contribution in [2.24, 2.45) is 0 Å². The maximum Gasteiger partial charge on any atom is 0.251 e. The van der Waals surface area contributed by atoms with E-state index in [-0.39, 0.29) is 5.91 Å². The number of benzene rings is 2. The fourth-order valence-electron chi connectivity index (χ4n) is 3.78. The summed E-state index contributed by atoms with van der Waals surface area (Å²) >= 11 is 0. The molecule has 0 saturated carbocycles. The molecule has 2 heterocycles. The topological polar surface area (TPSA) is 50.2 Å². The molecule has 1 aliphatic heterocycles. The number of amides is 1. The second-order valence-electron chi connectivity index (χ2n) is 7.24. The molecule has 0 unspecified atom stereocenters. The van der Waals surface area contributed by atoms with Crippen molar-refractivity contribution in [2.45, 2.75) is 26.3 Å². The number of carbonyl (C=O) groups is 1. The third-order valence-electron chi connectivity index (χ3n) is 5.31. The fraction of sp³-hybridized carbons (Fsp3) is 0.364. The van der Waals surface area contributed by atoms with Crippen LogP contribution in [0.3, 0.4) is 0 Å². The van der Waals surface area contributed by atoms with E-state index in [1.165, 1.54) is 12.8 Å². The predicted molar refractivity (Wildman–Crippen MR) is 108 cm³/mol. The molecule has 0 aliphatic carbocycles. The molecule has 0 bridgehead atoms. The van der Waals surface area contributed by atoms with Crippen LogP contribution in [-0.2, 0) is 6.54 Å². The molecule has 0 radical (unpaired) electrons. The number of likely N-dealkylation sites (tertiary alicyclic amines) is 1. The minimum Gasteiger partial charge on any atom is -0.351 e. The highest BCUT2D eigenvalue weighted by atomic mass is 16.1. The van der Waals surface area contributed by atoms with Gasteiger partial charge in [0.25, 0.3) is 5.91 Å². The van der Waals surface area contributed by atoms with Crippen LogP contribution >= 0.6 is 0 Å². The lowest BCUT2D eigenvalue weighted by Crippen LogP contribution is -2.33. The molecular formula is C22H26N4O. The Bertz CT molecular complexity index is 923. The average Bonchev–Trinajstić information content (AvgIpc) is 3.31. The number of nitrogens with zero attached hydrogens (tertiary/aromatic N) is 3.